The number of hydrogen-bond donors (Lipinski definition) is 2. The smallest absolute Gasteiger partial charge is 0.190 e. The highest BCUT2D eigenvalue weighted by Gasteiger charge is 2.16. The molecule has 0 radical (unpaired) electrons. The van der Waals surface area contributed by atoms with E-state index in [2.05, 4.69) is 38.6 Å². The monoisotopic (exact) mass is 289 g/mol. The summed E-state index contributed by atoms with van der Waals surface area (Å²) in [6.07, 6.45) is 5.29. The van der Waals surface area contributed by atoms with E-state index in [0.717, 1.165) is 37.1 Å². The molecule has 2 rings (SSSR count). The van der Waals surface area contributed by atoms with Crippen molar-refractivity contribution in [3.8, 4) is 0 Å². The van der Waals surface area contributed by atoms with Crippen LogP contribution >= 0.6 is 0 Å². The van der Waals surface area contributed by atoms with Gasteiger partial charge >= 0.3 is 0 Å². The lowest BCUT2D eigenvalue weighted by Crippen LogP contribution is -2.42. The molecule has 1 aromatic rings. The Labute approximate surface area is 127 Å². The molecule has 0 atom stereocenters. The highest BCUT2D eigenvalue weighted by molar-refractivity contribution is 5.79. The maximum Gasteiger partial charge on any atom is 0.190 e. The van der Waals surface area contributed by atoms with Crippen molar-refractivity contribution in [2.24, 2.45) is 10.9 Å². The summed E-state index contributed by atoms with van der Waals surface area (Å²) in [7, 11) is 4.02. The van der Waals surface area contributed by atoms with Gasteiger partial charge in [-0.1, -0.05) is 6.07 Å². The summed E-state index contributed by atoms with van der Waals surface area (Å²) in [5.41, 5.74) is 1.11. The van der Waals surface area contributed by atoms with E-state index < -0.39 is 0 Å². The maximum atomic E-state index is 4.32. The van der Waals surface area contributed by atoms with E-state index >= 15 is 0 Å². The number of nitrogens with one attached hydrogen (secondary N) is 2. The number of likely N-dealkylation sites (tertiary alicyclic amines) is 1. The van der Waals surface area contributed by atoms with Crippen molar-refractivity contribution in [3.05, 3.63) is 30.1 Å². The zero-order valence-corrected chi connectivity index (χ0v) is 13.2. The Morgan fingerprint density at radius 1 is 1.33 bits per heavy atom. The van der Waals surface area contributed by atoms with Crippen LogP contribution in [-0.4, -0.2) is 56.1 Å². The van der Waals surface area contributed by atoms with Crippen LogP contribution < -0.4 is 10.6 Å². The molecule has 0 aliphatic carbocycles. The second kappa shape index (κ2) is 8.62. The number of pyridine rings is 1. The third kappa shape index (κ3) is 5.71. The molecule has 0 amide bonds. The molecule has 5 nitrogen and oxygen atoms in total. The number of hydrogen-bond acceptors (Lipinski definition) is 3. The van der Waals surface area contributed by atoms with Crippen LogP contribution in [0.1, 0.15) is 18.5 Å². The Kier molecular flexibility index (Phi) is 6.47. The second-order valence-electron chi connectivity index (χ2n) is 5.70. The summed E-state index contributed by atoms with van der Waals surface area (Å²) in [5, 5.41) is 6.79. The molecule has 1 aromatic heterocycles. The Morgan fingerprint density at radius 3 is 2.81 bits per heavy atom. The zero-order valence-electron chi connectivity index (χ0n) is 13.2. The third-order valence-electron chi connectivity index (χ3n) is 4.02. The number of piperidine rings is 1. The molecule has 0 unspecified atom stereocenters. The number of nitrogens with zero attached hydrogens (tertiary/aromatic N) is 3. The number of aliphatic imine (C=N–C) groups is 1. The fourth-order valence-corrected chi connectivity index (χ4v) is 2.58. The molecule has 1 saturated heterocycles. The standard InChI is InChI=1S/C16H27N5/c1-17-16(19-10-6-15-5-3-4-9-18-15)20-13-14-7-11-21(2)12-8-14/h3-5,9,14H,6-8,10-13H2,1-2H3,(H2,17,19,20). The van der Waals surface area contributed by atoms with Crippen molar-refractivity contribution in [3.63, 3.8) is 0 Å². The molecule has 1 aliphatic rings. The lowest BCUT2D eigenvalue weighted by Gasteiger charge is -2.29. The summed E-state index contributed by atoms with van der Waals surface area (Å²) in [6, 6.07) is 6.02. The molecule has 0 aromatic carbocycles. The van der Waals surface area contributed by atoms with Gasteiger partial charge in [0.2, 0.25) is 0 Å². The Bertz CT molecular complexity index is 424. The molecule has 2 N–H and O–H groups in total. The van der Waals surface area contributed by atoms with Gasteiger partial charge in [-0.3, -0.25) is 9.98 Å². The van der Waals surface area contributed by atoms with Crippen molar-refractivity contribution >= 4 is 5.96 Å². The van der Waals surface area contributed by atoms with Gasteiger partial charge in [0.25, 0.3) is 0 Å². The van der Waals surface area contributed by atoms with Crippen molar-refractivity contribution in [1.29, 1.82) is 0 Å². The van der Waals surface area contributed by atoms with Crippen LogP contribution in [0.25, 0.3) is 0 Å². The van der Waals surface area contributed by atoms with Crippen LogP contribution in [0.4, 0.5) is 0 Å². The van der Waals surface area contributed by atoms with Crippen LogP contribution in [0, 0.1) is 5.92 Å². The van der Waals surface area contributed by atoms with Gasteiger partial charge in [-0.2, -0.15) is 0 Å². The van der Waals surface area contributed by atoms with E-state index in [1.165, 1.54) is 25.9 Å². The van der Waals surface area contributed by atoms with E-state index in [1.54, 1.807) is 0 Å². The summed E-state index contributed by atoms with van der Waals surface area (Å²) in [5.74, 6) is 1.65. The Morgan fingerprint density at radius 2 is 2.14 bits per heavy atom. The van der Waals surface area contributed by atoms with Crippen LogP contribution in [0.2, 0.25) is 0 Å². The van der Waals surface area contributed by atoms with Gasteiger partial charge in [0.05, 0.1) is 0 Å². The van der Waals surface area contributed by atoms with E-state index in [-0.39, 0.29) is 0 Å². The van der Waals surface area contributed by atoms with Gasteiger partial charge < -0.3 is 15.5 Å². The summed E-state index contributed by atoms with van der Waals surface area (Å²) >= 11 is 0. The molecular formula is C16H27N5. The van der Waals surface area contributed by atoms with E-state index in [4.69, 9.17) is 0 Å². The van der Waals surface area contributed by atoms with Gasteiger partial charge in [0.15, 0.2) is 5.96 Å². The lowest BCUT2D eigenvalue weighted by atomic mass is 9.97. The average molecular weight is 289 g/mol. The number of guanidine groups is 1. The molecule has 0 saturated carbocycles. The molecule has 2 heterocycles. The van der Waals surface area contributed by atoms with E-state index in [1.807, 2.05) is 25.4 Å². The summed E-state index contributed by atoms with van der Waals surface area (Å²) in [6.45, 7) is 4.28. The first-order valence-electron chi connectivity index (χ1n) is 7.81. The predicted molar refractivity (Wildman–Crippen MR) is 87.5 cm³/mol. The third-order valence-corrected chi connectivity index (χ3v) is 4.02. The van der Waals surface area contributed by atoms with Gasteiger partial charge in [-0.25, -0.2) is 0 Å². The molecular weight excluding hydrogens is 262 g/mol. The highest BCUT2D eigenvalue weighted by Crippen LogP contribution is 2.14. The van der Waals surface area contributed by atoms with Crippen LogP contribution in [0.5, 0.6) is 0 Å². The minimum atomic E-state index is 0.760. The van der Waals surface area contributed by atoms with Gasteiger partial charge in [-0.05, 0) is 51.0 Å². The van der Waals surface area contributed by atoms with Gasteiger partial charge in [0.1, 0.15) is 0 Å². The normalized spacial score (nSPS) is 17.7. The fraction of sp³-hybridized carbons (Fsp3) is 0.625. The van der Waals surface area contributed by atoms with Crippen molar-refractivity contribution < 1.29 is 0 Å². The second-order valence-corrected chi connectivity index (χ2v) is 5.70. The Hall–Kier alpha value is -1.62. The van der Waals surface area contributed by atoms with Crippen molar-refractivity contribution in [1.82, 2.24) is 20.5 Å². The first-order valence-corrected chi connectivity index (χ1v) is 7.81. The molecule has 0 spiro atoms. The van der Waals surface area contributed by atoms with E-state index in [9.17, 15) is 0 Å². The quantitative estimate of drug-likeness (QED) is 0.630. The van der Waals surface area contributed by atoms with Crippen LogP contribution in [0.15, 0.2) is 29.4 Å². The topological polar surface area (TPSA) is 52.6 Å². The largest absolute Gasteiger partial charge is 0.356 e. The molecule has 21 heavy (non-hydrogen) atoms. The van der Waals surface area contributed by atoms with Gasteiger partial charge in [0, 0.05) is 38.4 Å². The van der Waals surface area contributed by atoms with Crippen molar-refractivity contribution in [2.45, 2.75) is 19.3 Å². The lowest BCUT2D eigenvalue weighted by molar-refractivity contribution is 0.220. The first kappa shape index (κ1) is 15.8. The zero-order chi connectivity index (χ0) is 14.9. The van der Waals surface area contributed by atoms with E-state index in [0.29, 0.717) is 0 Å². The fourth-order valence-electron chi connectivity index (χ4n) is 2.58. The molecule has 1 fully saturated rings. The highest BCUT2D eigenvalue weighted by atomic mass is 15.2. The Balaban J connectivity index is 1.64. The van der Waals surface area contributed by atoms with Crippen molar-refractivity contribution in [2.75, 3.05) is 40.3 Å². The minimum Gasteiger partial charge on any atom is -0.356 e. The molecule has 5 heteroatoms. The minimum absolute atomic E-state index is 0.760. The SMILES string of the molecule is CN=C(NCCc1ccccn1)NCC1CCN(C)CC1. The molecule has 1 aliphatic heterocycles. The first-order chi connectivity index (χ1) is 10.3. The maximum absolute atomic E-state index is 4.32. The van der Waals surface area contributed by atoms with Gasteiger partial charge in [-0.15, -0.1) is 0 Å². The number of rotatable bonds is 5. The summed E-state index contributed by atoms with van der Waals surface area (Å²) < 4.78 is 0. The average Bonchev–Trinajstić information content (AvgIpc) is 2.53. The summed E-state index contributed by atoms with van der Waals surface area (Å²) in [4.78, 5) is 11.0. The molecule has 0 bridgehead atoms. The predicted octanol–water partition coefficient (Wildman–Crippen LogP) is 1.13. The number of aromatic nitrogens is 1. The molecule has 116 valence electrons. The van der Waals surface area contributed by atoms with Crippen LogP contribution in [-0.2, 0) is 6.42 Å². The van der Waals surface area contributed by atoms with Crippen LogP contribution in [0.3, 0.4) is 0 Å².